The Hall–Kier alpha value is -1.00. The van der Waals surface area contributed by atoms with Crippen molar-refractivity contribution < 1.29 is 9.90 Å². The normalized spacial score (nSPS) is 12.5. The van der Waals surface area contributed by atoms with Crippen LogP contribution in [0, 0.1) is 0 Å². The molecule has 1 aromatic rings. The zero-order valence-corrected chi connectivity index (χ0v) is 10.3. The fourth-order valence-electron chi connectivity index (χ4n) is 1.37. The van der Waals surface area contributed by atoms with Crippen LogP contribution in [-0.2, 0) is 6.54 Å². The maximum Gasteiger partial charge on any atom is 0.268 e. The van der Waals surface area contributed by atoms with Crippen LogP contribution in [0.1, 0.15) is 30.8 Å². The Bertz CT molecular complexity index is 363. The van der Waals surface area contributed by atoms with E-state index in [0.717, 1.165) is 0 Å². The number of hydrogen-bond acceptors (Lipinski definition) is 2. The Balaban J connectivity index is 2.65. The van der Waals surface area contributed by atoms with Crippen LogP contribution in [0.5, 0.6) is 0 Å². The number of carbonyl (C=O) groups excluding carboxylic acids is 1. The summed E-state index contributed by atoms with van der Waals surface area (Å²) in [5.41, 5.74) is 0.524. The Morgan fingerprint density at radius 2 is 2.31 bits per heavy atom. The number of halogens is 1. The van der Waals surface area contributed by atoms with Gasteiger partial charge in [-0.2, -0.15) is 0 Å². The summed E-state index contributed by atoms with van der Waals surface area (Å²) in [6.45, 7) is 4.75. The van der Waals surface area contributed by atoms with E-state index in [9.17, 15) is 9.90 Å². The number of nitrogens with one attached hydrogen (secondary N) is 1. The Morgan fingerprint density at radius 3 is 2.88 bits per heavy atom. The number of rotatable bonds is 5. The van der Waals surface area contributed by atoms with Gasteiger partial charge in [0.2, 0.25) is 0 Å². The van der Waals surface area contributed by atoms with Gasteiger partial charge in [-0.3, -0.25) is 4.79 Å². The lowest BCUT2D eigenvalue weighted by Gasteiger charge is -2.10. The monoisotopic (exact) mass is 244 g/mol. The van der Waals surface area contributed by atoms with Crippen molar-refractivity contribution in [2.75, 3.05) is 6.54 Å². The number of hydrogen-bond donors (Lipinski definition) is 2. The number of amides is 1. The molecule has 5 heteroatoms. The first kappa shape index (κ1) is 13.1. The summed E-state index contributed by atoms with van der Waals surface area (Å²) in [6.07, 6.45) is 1.84. The molecule has 0 saturated heterocycles. The van der Waals surface area contributed by atoms with Crippen molar-refractivity contribution in [1.29, 1.82) is 0 Å². The molecule has 1 heterocycles. The molecule has 0 aromatic carbocycles. The molecule has 0 saturated carbocycles. The minimum atomic E-state index is -0.496. The molecule has 1 amide bonds. The summed E-state index contributed by atoms with van der Waals surface area (Å²) in [5.74, 6) is -0.207. The molecule has 1 atom stereocenters. The van der Waals surface area contributed by atoms with Gasteiger partial charge in [-0.15, -0.1) is 0 Å². The van der Waals surface area contributed by atoms with E-state index in [4.69, 9.17) is 11.6 Å². The summed E-state index contributed by atoms with van der Waals surface area (Å²) < 4.78 is 1.77. The summed E-state index contributed by atoms with van der Waals surface area (Å²) in [7, 11) is 0. The number of aromatic nitrogens is 1. The third-order valence-corrected chi connectivity index (χ3v) is 2.61. The summed E-state index contributed by atoms with van der Waals surface area (Å²) in [4.78, 5) is 11.8. The van der Waals surface area contributed by atoms with E-state index in [-0.39, 0.29) is 12.5 Å². The molecule has 1 rings (SSSR count). The van der Waals surface area contributed by atoms with Crippen LogP contribution in [0.4, 0.5) is 0 Å². The van der Waals surface area contributed by atoms with Crippen LogP contribution in [-0.4, -0.2) is 28.2 Å². The molecule has 0 aliphatic rings. The molecule has 0 radical (unpaired) electrons. The molecule has 0 fully saturated rings. The van der Waals surface area contributed by atoms with Crippen molar-refractivity contribution in [1.82, 2.24) is 9.88 Å². The van der Waals surface area contributed by atoms with Crippen LogP contribution >= 0.6 is 11.6 Å². The van der Waals surface area contributed by atoms with Gasteiger partial charge in [0.05, 0.1) is 11.1 Å². The van der Waals surface area contributed by atoms with E-state index in [0.29, 0.717) is 23.7 Å². The number of nitrogens with zero attached hydrogens (tertiary/aromatic N) is 1. The highest BCUT2D eigenvalue weighted by Gasteiger charge is 2.12. The lowest BCUT2D eigenvalue weighted by molar-refractivity contribution is 0.0905. The van der Waals surface area contributed by atoms with Gasteiger partial charge >= 0.3 is 0 Å². The maximum atomic E-state index is 11.8. The minimum absolute atomic E-state index is 0.207. The third-order valence-electron chi connectivity index (χ3n) is 2.41. The van der Waals surface area contributed by atoms with Gasteiger partial charge in [0.1, 0.15) is 5.69 Å². The van der Waals surface area contributed by atoms with Gasteiger partial charge < -0.3 is 15.0 Å². The molecule has 16 heavy (non-hydrogen) atoms. The third kappa shape index (κ3) is 3.25. The van der Waals surface area contributed by atoms with Crippen molar-refractivity contribution >= 4 is 17.5 Å². The molecule has 0 spiro atoms. The van der Waals surface area contributed by atoms with Gasteiger partial charge in [0.25, 0.3) is 5.91 Å². The average Bonchev–Trinajstić information content (AvgIpc) is 2.66. The van der Waals surface area contributed by atoms with E-state index >= 15 is 0 Å². The standard InChI is InChI=1S/C11H17ClN2O2/c1-3-9(15)6-13-11(16)10-5-8(12)7-14(10)4-2/h5,7,9,15H,3-4,6H2,1-2H3,(H,13,16). The molecule has 1 aromatic heterocycles. The van der Waals surface area contributed by atoms with Crippen molar-refractivity contribution in [3.8, 4) is 0 Å². The first-order valence-corrected chi connectivity index (χ1v) is 5.78. The van der Waals surface area contributed by atoms with Gasteiger partial charge in [-0.25, -0.2) is 0 Å². The van der Waals surface area contributed by atoms with E-state index in [1.54, 1.807) is 16.8 Å². The number of aliphatic hydroxyl groups excluding tert-OH is 1. The smallest absolute Gasteiger partial charge is 0.268 e. The first-order chi connectivity index (χ1) is 7.58. The minimum Gasteiger partial charge on any atom is -0.391 e. The van der Waals surface area contributed by atoms with Gasteiger partial charge in [0.15, 0.2) is 0 Å². The van der Waals surface area contributed by atoms with Crippen LogP contribution in [0.3, 0.4) is 0 Å². The van der Waals surface area contributed by atoms with Crippen LogP contribution in [0.15, 0.2) is 12.3 Å². The molecular formula is C11H17ClN2O2. The lowest BCUT2D eigenvalue weighted by Crippen LogP contribution is -2.32. The maximum absolute atomic E-state index is 11.8. The second-order valence-corrected chi connectivity index (χ2v) is 4.04. The summed E-state index contributed by atoms with van der Waals surface area (Å²) in [6, 6.07) is 1.62. The Morgan fingerprint density at radius 1 is 1.62 bits per heavy atom. The molecule has 90 valence electrons. The van der Waals surface area contributed by atoms with E-state index in [1.807, 2.05) is 13.8 Å². The molecule has 0 aliphatic heterocycles. The zero-order valence-electron chi connectivity index (χ0n) is 9.53. The van der Waals surface area contributed by atoms with Crippen LogP contribution in [0.2, 0.25) is 5.02 Å². The molecule has 1 unspecified atom stereocenters. The van der Waals surface area contributed by atoms with Gasteiger partial charge in [-0.1, -0.05) is 18.5 Å². The van der Waals surface area contributed by atoms with E-state index in [2.05, 4.69) is 5.32 Å². The molecule has 0 aliphatic carbocycles. The summed E-state index contributed by atoms with van der Waals surface area (Å²) >= 11 is 5.83. The molecular weight excluding hydrogens is 228 g/mol. The Labute approximate surface area is 100 Å². The average molecular weight is 245 g/mol. The highest BCUT2D eigenvalue weighted by atomic mass is 35.5. The predicted molar refractivity (Wildman–Crippen MR) is 63.7 cm³/mol. The molecule has 0 bridgehead atoms. The van der Waals surface area contributed by atoms with Crippen molar-refractivity contribution in [3.63, 3.8) is 0 Å². The Kier molecular flexibility index (Phi) is 4.83. The molecule has 4 nitrogen and oxygen atoms in total. The van der Waals surface area contributed by atoms with Gasteiger partial charge in [-0.05, 0) is 19.4 Å². The second-order valence-electron chi connectivity index (χ2n) is 3.60. The fraction of sp³-hybridized carbons (Fsp3) is 0.545. The van der Waals surface area contributed by atoms with Gasteiger partial charge in [0, 0.05) is 19.3 Å². The van der Waals surface area contributed by atoms with Crippen molar-refractivity contribution in [2.24, 2.45) is 0 Å². The zero-order chi connectivity index (χ0) is 12.1. The second kappa shape index (κ2) is 5.92. The SMILES string of the molecule is CCC(O)CNC(=O)c1cc(Cl)cn1CC. The van der Waals surface area contributed by atoms with E-state index < -0.39 is 6.10 Å². The van der Waals surface area contributed by atoms with Crippen molar-refractivity contribution in [2.45, 2.75) is 32.9 Å². The molecule has 2 N–H and O–H groups in total. The summed E-state index contributed by atoms with van der Waals surface area (Å²) in [5, 5.41) is 12.6. The van der Waals surface area contributed by atoms with Crippen LogP contribution in [0.25, 0.3) is 0 Å². The predicted octanol–water partition coefficient (Wildman–Crippen LogP) is 1.66. The lowest BCUT2D eigenvalue weighted by atomic mass is 10.3. The first-order valence-electron chi connectivity index (χ1n) is 5.40. The van der Waals surface area contributed by atoms with Crippen LogP contribution < -0.4 is 5.32 Å². The number of carbonyl (C=O) groups is 1. The topological polar surface area (TPSA) is 54.3 Å². The van der Waals surface area contributed by atoms with E-state index in [1.165, 1.54) is 0 Å². The number of aryl methyl sites for hydroxylation is 1. The number of aliphatic hydroxyl groups is 1. The quantitative estimate of drug-likeness (QED) is 0.828. The highest BCUT2D eigenvalue weighted by Crippen LogP contribution is 2.13. The fourth-order valence-corrected chi connectivity index (χ4v) is 1.59. The highest BCUT2D eigenvalue weighted by molar-refractivity contribution is 6.31. The van der Waals surface area contributed by atoms with Crippen molar-refractivity contribution in [3.05, 3.63) is 23.0 Å². The largest absolute Gasteiger partial charge is 0.391 e.